The summed E-state index contributed by atoms with van der Waals surface area (Å²) < 4.78 is 10.8. The average molecular weight is 236 g/mol. The number of hydrogen-bond donors (Lipinski definition) is 2. The molecule has 1 aliphatic rings. The molecule has 0 aromatic heterocycles. The summed E-state index contributed by atoms with van der Waals surface area (Å²) in [6.07, 6.45) is 1.20. The number of nitrogen functional groups attached to an aromatic ring is 1. The van der Waals surface area contributed by atoms with Gasteiger partial charge in [-0.05, 0) is 32.4 Å². The Bertz CT molecular complexity index is 408. The van der Waals surface area contributed by atoms with E-state index in [-0.39, 0.29) is 11.6 Å². The molecule has 4 heteroatoms. The summed E-state index contributed by atoms with van der Waals surface area (Å²) >= 11 is 0. The highest BCUT2D eigenvalue weighted by atomic mass is 16.5. The molecule has 1 saturated heterocycles. The van der Waals surface area contributed by atoms with Crippen LogP contribution in [0.4, 0.5) is 11.4 Å². The van der Waals surface area contributed by atoms with Gasteiger partial charge in [0.05, 0.1) is 24.4 Å². The zero-order chi connectivity index (χ0) is 12.5. The first-order valence-electron chi connectivity index (χ1n) is 5.88. The van der Waals surface area contributed by atoms with Crippen LogP contribution in [-0.2, 0) is 4.74 Å². The molecule has 0 saturated carbocycles. The first kappa shape index (κ1) is 12.0. The van der Waals surface area contributed by atoms with Gasteiger partial charge in [-0.1, -0.05) is 0 Å². The molecule has 3 N–H and O–H groups in total. The van der Waals surface area contributed by atoms with Gasteiger partial charge in [0.15, 0.2) is 0 Å². The predicted octanol–water partition coefficient (Wildman–Crippen LogP) is 2.26. The summed E-state index contributed by atoms with van der Waals surface area (Å²) in [5.41, 5.74) is 7.43. The average Bonchev–Trinajstić information content (AvgIpc) is 2.62. The lowest BCUT2D eigenvalue weighted by Gasteiger charge is -2.30. The van der Waals surface area contributed by atoms with Crippen LogP contribution in [0.5, 0.6) is 5.75 Å². The lowest BCUT2D eigenvalue weighted by atomic mass is 9.94. The van der Waals surface area contributed by atoms with Crippen LogP contribution in [0.1, 0.15) is 20.3 Å². The molecule has 0 radical (unpaired) electrons. The maximum Gasteiger partial charge on any atom is 0.143 e. The summed E-state index contributed by atoms with van der Waals surface area (Å²) in [4.78, 5) is 0. The highest BCUT2D eigenvalue weighted by molar-refractivity contribution is 5.62. The Labute approximate surface area is 102 Å². The first-order valence-corrected chi connectivity index (χ1v) is 5.88. The molecule has 94 valence electrons. The summed E-state index contributed by atoms with van der Waals surface area (Å²) in [6, 6.07) is 5.74. The number of nitrogens with one attached hydrogen (secondary N) is 1. The summed E-state index contributed by atoms with van der Waals surface area (Å²) in [5.74, 6) is 0.699. The van der Waals surface area contributed by atoms with Gasteiger partial charge in [0.1, 0.15) is 5.75 Å². The number of methoxy groups -OCH3 is 1. The van der Waals surface area contributed by atoms with Crippen LogP contribution in [-0.4, -0.2) is 25.4 Å². The van der Waals surface area contributed by atoms with E-state index < -0.39 is 0 Å². The largest absolute Gasteiger partial charge is 0.495 e. The van der Waals surface area contributed by atoms with Crippen molar-refractivity contribution < 1.29 is 9.47 Å². The van der Waals surface area contributed by atoms with Gasteiger partial charge in [0.2, 0.25) is 0 Å². The number of rotatable bonds is 3. The molecule has 1 aliphatic heterocycles. The van der Waals surface area contributed by atoms with Crippen LogP contribution in [0, 0.1) is 0 Å². The van der Waals surface area contributed by atoms with E-state index in [1.807, 2.05) is 18.2 Å². The molecule has 17 heavy (non-hydrogen) atoms. The van der Waals surface area contributed by atoms with Crippen LogP contribution in [0.2, 0.25) is 0 Å². The fraction of sp³-hybridized carbons (Fsp3) is 0.538. The Hall–Kier alpha value is -1.42. The van der Waals surface area contributed by atoms with Crippen molar-refractivity contribution in [3.8, 4) is 5.75 Å². The number of hydrogen-bond acceptors (Lipinski definition) is 4. The maximum absolute atomic E-state index is 5.79. The van der Waals surface area contributed by atoms with Gasteiger partial charge in [0, 0.05) is 18.4 Å². The topological polar surface area (TPSA) is 56.5 Å². The van der Waals surface area contributed by atoms with Gasteiger partial charge in [-0.25, -0.2) is 0 Å². The van der Waals surface area contributed by atoms with Crippen molar-refractivity contribution in [1.29, 1.82) is 0 Å². The van der Waals surface area contributed by atoms with Crippen molar-refractivity contribution in [2.45, 2.75) is 31.9 Å². The van der Waals surface area contributed by atoms with Crippen LogP contribution in [0.15, 0.2) is 18.2 Å². The highest BCUT2D eigenvalue weighted by Gasteiger charge is 2.36. The fourth-order valence-corrected chi connectivity index (χ4v) is 2.12. The molecule has 0 amide bonds. The Morgan fingerprint density at radius 2 is 2.29 bits per heavy atom. The molecule has 2 unspecified atom stereocenters. The second-order valence-electron chi connectivity index (χ2n) is 4.76. The summed E-state index contributed by atoms with van der Waals surface area (Å²) in [7, 11) is 1.62. The van der Waals surface area contributed by atoms with Gasteiger partial charge >= 0.3 is 0 Å². The SMILES string of the molecule is COc1cc(NC2(C)CCOC2C)ccc1N. The molecule has 1 aromatic rings. The Morgan fingerprint density at radius 1 is 1.53 bits per heavy atom. The molecule has 0 bridgehead atoms. The highest BCUT2D eigenvalue weighted by Crippen LogP contribution is 2.32. The molecule has 1 heterocycles. The van der Waals surface area contributed by atoms with E-state index in [0.29, 0.717) is 11.4 Å². The molecule has 2 rings (SSSR count). The van der Waals surface area contributed by atoms with E-state index in [0.717, 1.165) is 18.7 Å². The third kappa shape index (κ3) is 2.31. The Morgan fingerprint density at radius 3 is 2.88 bits per heavy atom. The van der Waals surface area contributed by atoms with Gasteiger partial charge in [-0.2, -0.15) is 0 Å². The smallest absolute Gasteiger partial charge is 0.143 e. The Kier molecular flexibility index (Phi) is 3.15. The van der Waals surface area contributed by atoms with Gasteiger partial charge in [0.25, 0.3) is 0 Å². The monoisotopic (exact) mass is 236 g/mol. The Balaban J connectivity index is 2.18. The molecule has 1 aromatic carbocycles. The summed E-state index contributed by atoms with van der Waals surface area (Å²) in [6.45, 7) is 5.07. The third-order valence-corrected chi connectivity index (χ3v) is 3.55. The van der Waals surface area contributed by atoms with Gasteiger partial charge in [-0.3, -0.25) is 0 Å². The van der Waals surface area contributed by atoms with E-state index in [1.165, 1.54) is 0 Å². The normalized spacial score (nSPS) is 28.1. The van der Waals surface area contributed by atoms with E-state index in [1.54, 1.807) is 7.11 Å². The van der Waals surface area contributed by atoms with Crippen molar-refractivity contribution in [3.63, 3.8) is 0 Å². The number of anilines is 2. The van der Waals surface area contributed by atoms with Crippen molar-refractivity contribution in [1.82, 2.24) is 0 Å². The molecular formula is C13H20N2O2. The van der Waals surface area contributed by atoms with E-state index in [4.69, 9.17) is 15.2 Å². The number of nitrogens with two attached hydrogens (primary N) is 1. The quantitative estimate of drug-likeness (QED) is 0.790. The van der Waals surface area contributed by atoms with Gasteiger partial charge < -0.3 is 20.5 Å². The van der Waals surface area contributed by atoms with Crippen LogP contribution < -0.4 is 15.8 Å². The van der Waals surface area contributed by atoms with Crippen LogP contribution >= 0.6 is 0 Å². The van der Waals surface area contributed by atoms with Crippen LogP contribution in [0.3, 0.4) is 0 Å². The third-order valence-electron chi connectivity index (χ3n) is 3.55. The maximum atomic E-state index is 5.79. The lowest BCUT2D eigenvalue weighted by Crippen LogP contribution is -2.41. The second-order valence-corrected chi connectivity index (χ2v) is 4.76. The van der Waals surface area contributed by atoms with Crippen LogP contribution in [0.25, 0.3) is 0 Å². The predicted molar refractivity (Wildman–Crippen MR) is 69.5 cm³/mol. The molecular weight excluding hydrogens is 216 g/mol. The molecule has 0 spiro atoms. The molecule has 2 atom stereocenters. The number of ether oxygens (including phenoxy) is 2. The fourth-order valence-electron chi connectivity index (χ4n) is 2.12. The molecule has 0 aliphatic carbocycles. The second kappa shape index (κ2) is 4.45. The minimum Gasteiger partial charge on any atom is -0.495 e. The van der Waals surface area contributed by atoms with Crippen molar-refractivity contribution in [3.05, 3.63) is 18.2 Å². The summed E-state index contributed by atoms with van der Waals surface area (Å²) in [5, 5.41) is 3.51. The van der Waals surface area contributed by atoms with E-state index in [2.05, 4.69) is 19.2 Å². The van der Waals surface area contributed by atoms with Gasteiger partial charge in [-0.15, -0.1) is 0 Å². The van der Waals surface area contributed by atoms with E-state index >= 15 is 0 Å². The molecule has 4 nitrogen and oxygen atoms in total. The van der Waals surface area contributed by atoms with Crippen molar-refractivity contribution >= 4 is 11.4 Å². The van der Waals surface area contributed by atoms with Crippen molar-refractivity contribution in [2.24, 2.45) is 0 Å². The molecule has 1 fully saturated rings. The minimum atomic E-state index is -0.0267. The minimum absolute atomic E-state index is 0.0267. The van der Waals surface area contributed by atoms with Crippen molar-refractivity contribution in [2.75, 3.05) is 24.8 Å². The first-order chi connectivity index (χ1) is 8.05. The zero-order valence-electron chi connectivity index (χ0n) is 10.6. The zero-order valence-corrected chi connectivity index (χ0v) is 10.6. The number of benzene rings is 1. The standard InChI is InChI=1S/C13H20N2O2/c1-9-13(2,6-7-17-9)15-10-4-5-11(14)12(8-10)16-3/h4-5,8-9,15H,6-7,14H2,1-3H3. The lowest BCUT2D eigenvalue weighted by molar-refractivity contribution is 0.105. The van der Waals surface area contributed by atoms with E-state index in [9.17, 15) is 0 Å².